The van der Waals surface area contributed by atoms with Crippen LogP contribution in [0.4, 0.5) is 4.39 Å². The second-order valence-corrected chi connectivity index (χ2v) is 4.64. The number of carbonyl (C=O) groups excluding carboxylic acids is 1. The lowest BCUT2D eigenvalue weighted by Crippen LogP contribution is -2.29. The van der Waals surface area contributed by atoms with Crippen LogP contribution in [0.1, 0.15) is 49.9 Å². The average molecular weight is 251 g/mol. The molecule has 0 spiro atoms. The van der Waals surface area contributed by atoms with Crippen molar-refractivity contribution >= 4 is 5.91 Å². The number of benzene rings is 1. The summed E-state index contributed by atoms with van der Waals surface area (Å²) in [5, 5.41) is 2.88. The molecule has 0 bridgehead atoms. The molecule has 3 heteroatoms. The van der Waals surface area contributed by atoms with Crippen LogP contribution < -0.4 is 5.32 Å². The number of rotatable bonds is 7. The first-order valence-corrected chi connectivity index (χ1v) is 6.71. The Hall–Kier alpha value is -1.38. The number of unbranched alkanes of at least 4 members (excludes halogenated alkanes) is 1. The smallest absolute Gasteiger partial charge is 0.251 e. The largest absolute Gasteiger partial charge is 0.352 e. The summed E-state index contributed by atoms with van der Waals surface area (Å²) in [6.45, 7) is 4.97. The van der Waals surface area contributed by atoms with E-state index >= 15 is 0 Å². The van der Waals surface area contributed by atoms with E-state index in [1.54, 1.807) is 12.1 Å². The lowest BCUT2D eigenvalue weighted by Gasteiger charge is -2.15. The van der Waals surface area contributed by atoms with Crippen LogP contribution in [0.5, 0.6) is 0 Å². The molecule has 0 saturated heterocycles. The second kappa shape index (κ2) is 7.85. The van der Waals surface area contributed by atoms with Crippen molar-refractivity contribution in [2.75, 3.05) is 6.54 Å². The first-order valence-electron chi connectivity index (χ1n) is 6.71. The van der Waals surface area contributed by atoms with Gasteiger partial charge in [0, 0.05) is 12.1 Å². The third-order valence-corrected chi connectivity index (χ3v) is 3.18. The van der Waals surface area contributed by atoms with Crippen LogP contribution in [0.3, 0.4) is 0 Å². The van der Waals surface area contributed by atoms with Gasteiger partial charge in [-0.3, -0.25) is 4.79 Å². The standard InChI is InChI=1S/C15H22FNO/c1-3-5-7-12(4-2)11-17-15(18)13-8-6-9-14(16)10-13/h6,8-10,12H,3-5,7,11H2,1-2H3,(H,17,18). The van der Waals surface area contributed by atoms with Crippen molar-refractivity contribution in [1.82, 2.24) is 5.32 Å². The summed E-state index contributed by atoms with van der Waals surface area (Å²) in [6, 6.07) is 5.79. The Morgan fingerprint density at radius 2 is 2.17 bits per heavy atom. The minimum Gasteiger partial charge on any atom is -0.352 e. The Bertz CT molecular complexity index is 379. The zero-order valence-corrected chi connectivity index (χ0v) is 11.2. The predicted octanol–water partition coefficient (Wildman–Crippen LogP) is 3.77. The van der Waals surface area contributed by atoms with Gasteiger partial charge < -0.3 is 5.32 Å². The van der Waals surface area contributed by atoms with Crippen molar-refractivity contribution in [2.45, 2.75) is 39.5 Å². The van der Waals surface area contributed by atoms with Gasteiger partial charge >= 0.3 is 0 Å². The monoisotopic (exact) mass is 251 g/mol. The summed E-state index contributed by atoms with van der Waals surface area (Å²) in [4.78, 5) is 11.8. The fourth-order valence-corrected chi connectivity index (χ4v) is 1.91. The molecular formula is C15H22FNO. The highest BCUT2D eigenvalue weighted by atomic mass is 19.1. The summed E-state index contributed by atoms with van der Waals surface area (Å²) in [6.07, 6.45) is 4.56. The van der Waals surface area contributed by atoms with Crippen LogP contribution in [0.2, 0.25) is 0 Å². The molecular weight excluding hydrogens is 229 g/mol. The van der Waals surface area contributed by atoms with E-state index in [1.807, 2.05) is 0 Å². The molecule has 0 saturated carbocycles. The number of nitrogens with one attached hydrogen (secondary N) is 1. The molecule has 18 heavy (non-hydrogen) atoms. The summed E-state index contributed by atoms with van der Waals surface area (Å²) in [7, 11) is 0. The van der Waals surface area contributed by atoms with Crippen LogP contribution >= 0.6 is 0 Å². The van der Waals surface area contributed by atoms with Gasteiger partial charge in [0.25, 0.3) is 5.91 Å². The SMILES string of the molecule is CCCCC(CC)CNC(=O)c1cccc(F)c1. The fraction of sp³-hybridized carbons (Fsp3) is 0.533. The zero-order chi connectivity index (χ0) is 13.4. The molecule has 100 valence electrons. The van der Waals surface area contributed by atoms with E-state index in [0.717, 1.165) is 12.8 Å². The average Bonchev–Trinajstić information content (AvgIpc) is 2.38. The maximum Gasteiger partial charge on any atom is 0.251 e. The predicted molar refractivity (Wildman–Crippen MR) is 72.0 cm³/mol. The Labute approximate surface area is 109 Å². The number of hydrogen-bond donors (Lipinski definition) is 1. The van der Waals surface area contributed by atoms with Gasteiger partial charge in [0.2, 0.25) is 0 Å². The number of hydrogen-bond acceptors (Lipinski definition) is 1. The van der Waals surface area contributed by atoms with Gasteiger partial charge in [-0.15, -0.1) is 0 Å². The number of halogens is 1. The van der Waals surface area contributed by atoms with Gasteiger partial charge in [0.15, 0.2) is 0 Å². The molecule has 1 aromatic carbocycles. The van der Waals surface area contributed by atoms with Crippen molar-refractivity contribution in [3.8, 4) is 0 Å². The van der Waals surface area contributed by atoms with E-state index in [2.05, 4.69) is 19.2 Å². The van der Waals surface area contributed by atoms with Gasteiger partial charge in [0.05, 0.1) is 0 Å². The highest BCUT2D eigenvalue weighted by Gasteiger charge is 2.10. The number of amides is 1. The van der Waals surface area contributed by atoms with Gasteiger partial charge in [-0.2, -0.15) is 0 Å². The van der Waals surface area contributed by atoms with Gasteiger partial charge in [-0.25, -0.2) is 4.39 Å². The molecule has 0 aliphatic rings. The van der Waals surface area contributed by atoms with Crippen LogP contribution in [-0.2, 0) is 0 Å². The van der Waals surface area contributed by atoms with Gasteiger partial charge in [-0.1, -0.05) is 39.2 Å². The van der Waals surface area contributed by atoms with Crippen molar-refractivity contribution in [2.24, 2.45) is 5.92 Å². The van der Waals surface area contributed by atoms with E-state index in [9.17, 15) is 9.18 Å². The van der Waals surface area contributed by atoms with E-state index in [1.165, 1.54) is 25.0 Å². The highest BCUT2D eigenvalue weighted by molar-refractivity contribution is 5.94. The topological polar surface area (TPSA) is 29.1 Å². The highest BCUT2D eigenvalue weighted by Crippen LogP contribution is 2.11. The molecule has 0 radical (unpaired) electrons. The number of carbonyl (C=O) groups is 1. The van der Waals surface area contributed by atoms with Crippen molar-refractivity contribution < 1.29 is 9.18 Å². The molecule has 1 aromatic rings. The molecule has 1 unspecified atom stereocenters. The Kier molecular flexibility index (Phi) is 6.40. The summed E-state index contributed by atoms with van der Waals surface area (Å²) < 4.78 is 13.0. The van der Waals surface area contributed by atoms with Crippen LogP contribution in [-0.4, -0.2) is 12.5 Å². The van der Waals surface area contributed by atoms with Crippen molar-refractivity contribution in [3.63, 3.8) is 0 Å². The molecule has 1 N–H and O–H groups in total. The van der Waals surface area contributed by atoms with E-state index in [4.69, 9.17) is 0 Å². The quantitative estimate of drug-likeness (QED) is 0.785. The molecule has 1 atom stereocenters. The lowest BCUT2D eigenvalue weighted by atomic mass is 9.99. The van der Waals surface area contributed by atoms with Crippen molar-refractivity contribution in [1.29, 1.82) is 0 Å². The molecule has 0 fully saturated rings. The maximum atomic E-state index is 13.0. The second-order valence-electron chi connectivity index (χ2n) is 4.64. The molecule has 0 aromatic heterocycles. The normalized spacial score (nSPS) is 12.2. The third kappa shape index (κ3) is 4.86. The Balaban J connectivity index is 2.44. The van der Waals surface area contributed by atoms with Gasteiger partial charge in [-0.05, 0) is 30.5 Å². The Morgan fingerprint density at radius 1 is 1.39 bits per heavy atom. The minimum atomic E-state index is -0.374. The minimum absolute atomic E-state index is 0.190. The van der Waals surface area contributed by atoms with E-state index in [0.29, 0.717) is 18.0 Å². The summed E-state index contributed by atoms with van der Waals surface area (Å²) in [5.41, 5.74) is 0.389. The maximum absolute atomic E-state index is 13.0. The first kappa shape index (κ1) is 14.7. The first-order chi connectivity index (χ1) is 8.67. The van der Waals surface area contributed by atoms with E-state index < -0.39 is 0 Å². The molecule has 0 aliphatic carbocycles. The van der Waals surface area contributed by atoms with Crippen molar-refractivity contribution in [3.05, 3.63) is 35.6 Å². The molecule has 1 rings (SSSR count). The summed E-state index contributed by atoms with van der Waals surface area (Å²) in [5.74, 6) is -0.0485. The lowest BCUT2D eigenvalue weighted by molar-refractivity contribution is 0.0945. The Morgan fingerprint density at radius 3 is 2.78 bits per heavy atom. The van der Waals surface area contributed by atoms with E-state index in [-0.39, 0.29) is 11.7 Å². The molecule has 0 heterocycles. The van der Waals surface area contributed by atoms with Crippen LogP contribution in [0.15, 0.2) is 24.3 Å². The third-order valence-electron chi connectivity index (χ3n) is 3.18. The fourth-order valence-electron chi connectivity index (χ4n) is 1.91. The van der Waals surface area contributed by atoms with Crippen LogP contribution in [0, 0.1) is 11.7 Å². The molecule has 1 amide bonds. The summed E-state index contributed by atoms with van der Waals surface area (Å²) >= 11 is 0. The zero-order valence-electron chi connectivity index (χ0n) is 11.2. The molecule has 2 nitrogen and oxygen atoms in total. The van der Waals surface area contributed by atoms with Crippen LogP contribution in [0.25, 0.3) is 0 Å². The van der Waals surface area contributed by atoms with Gasteiger partial charge in [0.1, 0.15) is 5.82 Å². The molecule has 0 aliphatic heterocycles.